The fraction of sp³-hybridized carbons (Fsp3) is 0.250. The van der Waals surface area contributed by atoms with Gasteiger partial charge in [0.15, 0.2) is 6.10 Å². The number of aromatic nitrogens is 1. The monoisotopic (exact) mass is 270 g/mol. The van der Waals surface area contributed by atoms with Crippen molar-refractivity contribution in [1.82, 2.24) is 10.3 Å². The van der Waals surface area contributed by atoms with Crippen LogP contribution in [-0.4, -0.2) is 23.5 Å². The van der Waals surface area contributed by atoms with Crippen molar-refractivity contribution in [2.24, 2.45) is 0 Å². The van der Waals surface area contributed by atoms with Crippen LogP contribution in [0, 0.1) is 0 Å². The van der Waals surface area contributed by atoms with Crippen LogP contribution in [0.25, 0.3) is 0 Å². The minimum absolute atomic E-state index is 0.121. The van der Waals surface area contributed by atoms with Crippen molar-refractivity contribution in [2.45, 2.75) is 19.4 Å². The van der Waals surface area contributed by atoms with Crippen molar-refractivity contribution in [3.8, 4) is 5.75 Å². The van der Waals surface area contributed by atoms with Gasteiger partial charge < -0.3 is 10.1 Å². The summed E-state index contributed by atoms with van der Waals surface area (Å²) in [5, 5.41) is 2.85. The number of carbonyl (C=O) groups is 1. The van der Waals surface area contributed by atoms with Gasteiger partial charge in [-0.25, -0.2) is 0 Å². The number of hydrogen-bond donors (Lipinski definition) is 1. The minimum atomic E-state index is -0.513. The summed E-state index contributed by atoms with van der Waals surface area (Å²) in [6, 6.07) is 15.1. The topological polar surface area (TPSA) is 51.2 Å². The van der Waals surface area contributed by atoms with Crippen molar-refractivity contribution in [3.63, 3.8) is 0 Å². The highest BCUT2D eigenvalue weighted by molar-refractivity contribution is 5.80. The quantitative estimate of drug-likeness (QED) is 0.875. The minimum Gasteiger partial charge on any atom is -0.481 e. The average molecular weight is 270 g/mol. The zero-order valence-corrected chi connectivity index (χ0v) is 11.5. The molecule has 2 rings (SSSR count). The molecule has 0 radical (unpaired) electrons. The molecule has 0 aliphatic carbocycles. The molecular formula is C16H18N2O2. The van der Waals surface area contributed by atoms with Gasteiger partial charge in [0.05, 0.1) is 0 Å². The van der Waals surface area contributed by atoms with E-state index in [1.165, 1.54) is 0 Å². The number of benzene rings is 1. The van der Waals surface area contributed by atoms with E-state index in [1.807, 2.05) is 48.5 Å². The lowest BCUT2D eigenvalue weighted by molar-refractivity contribution is -0.127. The van der Waals surface area contributed by atoms with Crippen LogP contribution in [0.2, 0.25) is 0 Å². The number of amides is 1. The predicted octanol–water partition coefficient (Wildman–Crippen LogP) is 2.21. The zero-order valence-electron chi connectivity index (χ0n) is 11.5. The van der Waals surface area contributed by atoms with Crippen LogP contribution in [0.1, 0.15) is 12.6 Å². The molecule has 1 amide bonds. The van der Waals surface area contributed by atoms with Gasteiger partial charge in [-0.15, -0.1) is 0 Å². The van der Waals surface area contributed by atoms with E-state index >= 15 is 0 Å². The maximum absolute atomic E-state index is 11.9. The second-order valence-electron chi connectivity index (χ2n) is 4.44. The van der Waals surface area contributed by atoms with Crippen LogP contribution in [0.15, 0.2) is 54.7 Å². The van der Waals surface area contributed by atoms with Crippen molar-refractivity contribution in [1.29, 1.82) is 0 Å². The van der Waals surface area contributed by atoms with Gasteiger partial charge in [0.1, 0.15) is 5.75 Å². The van der Waals surface area contributed by atoms with Crippen LogP contribution >= 0.6 is 0 Å². The summed E-state index contributed by atoms with van der Waals surface area (Å²) in [5.41, 5.74) is 0.962. The van der Waals surface area contributed by atoms with Crippen LogP contribution in [0.3, 0.4) is 0 Å². The summed E-state index contributed by atoms with van der Waals surface area (Å²) in [5.74, 6) is 0.574. The fourth-order valence-corrected chi connectivity index (χ4v) is 1.76. The Morgan fingerprint density at radius 1 is 1.20 bits per heavy atom. The number of nitrogens with one attached hydrogen (secondary N) is 1. The Morgan fingerprint density at radius 2 is 1.95 bits per heavy atom. The first kappa shape index (κ1) is 14.1. The van der Waals surface area contributed by atoms with E-state index in [1.54, 1.807) is 13.1 Å². The third-order valence-electron chi connectivity index (χ3n) is 2.83. The highest BCUT2D eigenvalue weighted by Gasteiger charge is 2.13. The number of rotatable bonds is 6. The van der Waals surface area contributed by atoms with Crippen molar-refractivity contribution >= 4 is 5.91 Å². The average Bonchev–Trinajstić information content (AvgIpc) is 2.49. The number of carbonyl (C=O) groups excluding carboxylic acids is 1. The van der Waals surface area contributed by atoms with E-state index in [0.717, 1.165) is 5.69 Å². The molecule has 4 heteroatoms. The van der Waals surface area contributed by atoms with Gasteiger partial charge in [0.2, 0.25) is 0 Å². The van der Waals surface area contributed by atoms with Crippen molar-refractivity contribution in [3.05, 3.63) is 60.4 Å². The largest absolute Gasteiger partial charge is 0.481 e. The predicted molar refractivity (Wildman–Crippen MR) is 77.5 cm³/mol. The van der Waals surface area contributed by atoms with Gasteiger partial charge in [0.25, 0.3) is 5.91 Å². The molecule has 1 N–H and O–H groups in total. The van der Waals surface area contributed by atoms with Crippen LogP contribution in [0.5, 0.6) is 5.75 Å². The molecule has 0 unspecified atom stereocenters. The van der Waals surface area contributed by atoms with Gasteiger partial charge >= 0.3 is 0 Å². The molecule has 104 valence electrons. The lowest BCUT2D eigenvalue weighted by atomic mass is 10.2. The summed E-state index contributed by atoms with van der Waals surface area (Å²) < 4.78 is 5.55. The number of ether oxygens (including phenoxy) is 1. The second-order valence-corrected chi connectivity index (χ2v) is 4.44. The van der Waals surface area contributed by atoms with Gasteiger partial charge in [-0.05, 0) is 31.2 Å². The summed E-state index contributed by atoms with van der Waals surface area (Å²) in [6.45, 7) is 2.29. The maximum Gasteiger partial charge on any atom is 0.260 e. The summed E-state index contributed by atoms with van der Waals surface area (Å²) in [7, 11) is 0. The molecule has 0 saturated carbocycles. The standard InChI is InChI=1S/C16H18N2O2/c1-13(20-15-8-3-2-4-9-15)16(19)18-12-10-14-7-5-6-11-17-14/h2-9,11,13H,10,12H2,1H3,(H,18,19)/t13-/m0/s1. The van der Waals surface area contributed by atoms with E-state index in [2.05, 4.69) is 10.3 Å². The molecule has 4 nitrogen and oxygen atoms in total. The normalized spacial score (nSPS) is 11.7. The van der Waals surface area contributed by atoms with Crippen LogP contribution < -0.4 is 10.1 Å². The van der Waals surface area contributed by atoms with Crippen LogP contribution in [-0.2, 0) is 11.2 Å². The van der Waals surface area contributed by atoms with E-state index in [-0.39, 0.29) is 5.91 Å². The summed E-state index contributed by atoms with van der Waals surface area (Å²) >= 11 is 0. The molecule has 2 aromatic rings. The Labute approximate surface area is 118 Å². The maximum atomic E-state index is 11.9. The molecular weight excluding hydrogens is 252 g/mol. The Bertz CT molecular complexity index is 529. The van der Waals surface area contributed by atoms with Crippen LogP contribution in [0.4, 0.5) is 0 Å². The van der Waals surface area contributed by atoms with E-state index < -0.39 is 6.10 Å². The lowest BCUT2D eigenvalue weighted by Gasteiger charge is -2.14. The molecule has 0 bridgehead atoms. The SMILES string of the molecule is C[C@H](Oc1ccccc1)C(=O)NCCc1ccccn1. The number of hydrogen-bond acceptors (Lipinski definition) is 3. The van der Waals surface area contributed by atoms with Gasteiger partial charge in [-0.2, -0.15) is 0 Å². The van der Waals surface area contributed by atoms with E-state index in [9.17, 15) is 4.79 Å². The summed E-state index contributed by atoms with van der Waals surface area (Å²) in [6.07, 6.45) is 1.95. The molecule has 0 spiro atoms. The first-order valence-corrected chi connectivity index (χ1v) is 6.65. The Morgan fingerprint density at radius 3 is 2.65 bits per heavy atom. The van der Waals surface area contributed by atoms with E-state index in [4.69, 9.17) is 4.74 Å². The smallest absolute Gasteiger partial charge is 0.260 e. The van der Waals surface area contributed by atoms with Crippen molar-refractivity contribution in [2.75, 3.05) is 6.54 Å². The summed E-state index contributed by atoms with van der Waals surface area (Å²) in [4.78, 5) is 16.1. The molecule has 0 aliphatic rings. The second kappa shape index (κ2) is 7.28. The third kappa shape index (κ3) is 4.39. The first-order valence-electron chi connectivity index (χ1n) is 6.65. The lowest BCUT2D eigenvalue weighted by Crippen LogP contribution is -2.37. The molecule has 0 saturated heterocycles. The first-order chi connectivity index (χ1) is 9.75. The number of pyridine rings is 1. The van der Waals surface area contributed by atoms with E-state index in [0.29, 0.717) is 18.7 Å². The highest BCUT2D eigenvalue weighted by Crippen LogP contribution is 2.10. The van der Waals surface area contributed by atoms with Gasteiger partial charge in [-0.1, -0.05) is 24.3 Å². The third-order valence-corrected chi connectivity index (χ3v) is 2.83. The fourth-order valence-electron chi connectivity index (χ4n) is 1.76. The molecule has 1 heterocycles. The highest BCUT2D eigenvalue weighted by atomic mass is 16.5. The Balaban J connectivity index is 1.74. The van der Waals surface area contributed by atoms with Gasteiger partial charge in [0, 0.05) is 24.9 Å². The zero-order chi connectivity index (χ0) is 14.2. The number of para-hydroxylation sites is 1. The Kier molecular flexibility index (Phi) is 5.12. The molecule has 20 heavy (non-hydrogen) atoms. The number of nitrogens with zero attached hydrogens (tertiary/aromatic N) is 1. The van der Waals surface area contributed by atoms with Crippen molar-refractivity contribution < 1.29 is 9.53 Å². The molecule has 0 fully saturated rings. The Hall–Kier alpha value is -2.36. The molecule has 1 aromatic heterocycles. The molecule has 0 aliphatic heterocycles. The van der Waals surface area contributed by atoms with Gasteiger partial charge in [-0.3, -0.25) is 9.78 Å². The molecule has 1 aromatic carbocycles. The molecule has 1 atom stereocenters.